The van der Waals surface area contributed by atoms with Gasteiger partial charge in [-0.2, -0.15) is 0 Å². The molecule has 0 heterocycles. The van der Waals surface area contributed by atoms with Crippen LogP contribution in [0, 0.1) is 45.0 Å². The molecule has 0 amide bonds. The van der Waals surface area contributed by atoms with Gasteiger partial charge in [0.15, 0.2) is 0 Å². The zero-order chi connectivity index (χ0) is 5.41. The Labute approximate surface area is 68.9 Å². The van der Waals surface area contributed by atoms with Gasteiger partial charge in [-0.1, -0.05) is 6.61 Å². The first kappa shape index (κ1) is 15.7. The molecule has 0 aromatic rings. The van der Waals surface area contributed by atoms with E-state index in [1.807, 2.05) is 0 Å². The number of hydrogen-bond acceptors (Lipinski definition) is 2. The first-order valence-corrected chi connectivity index (χ1v) is 1.72. The molecule has 0 saturated heterocycles. The Hall–Kier alpha value is 0.972. The van der Waals surface area contributed by atoms with Crippen LogP contribution in [-0.4, -0.2) is 18.3 Å². The molecule has 0 aromatic carbocycles. The van der Waals surface area contributed by atoms with Gasteiger partial charge in [0.2, 0.25) is 0 Å². The van der Waals surface area contributed by atoms with Crippen molar-refractivity contribution in [3.05, 3.63) is 13.8 Å². The normalized spacial score (nSPS) is 5.14. The standard InChI is InChI=1S/C2H6N.C2H5O.U/c2*1-2-3;/h1-3H2;3H,1-2H2;/q2*-1;+2. The van der Waals surface area contributed by atoms with Crippen LogP contribution in [0.2, 0.25) is 0 Å². The quantitative estimate of drug-likeness (QED) is 0.595. The van der Waals surface area contributed by atoms with Crippen molar-refractivity contribution in [1.29, 1.82) is 0 Å². The second-order valence-corrected chi connectivity index (χ2v) is 0.512. The van der Waals surface area contributed by atoms with Crippen molar-refractivity contribution in [2.45, 2.75) is 0 Å². The Bertz CT molecular complexity index is 13.7. The molecular formula is C4H11NOU. The first-order valence-electron chi connectivity index (χ1n) is 1.72. The Balaban J connectivity index is -0.0000000400. The van der Waals surface area contributed by atoms with Gasteiger partial charge >= 0.3 is 31.1 Å². The molecule has 0 fully saturated rings. The average Bonchev–Trinajstić information content (AvgIpc) is 1.39. The number of aliphatic hydroxyl groups excluding tert-OH is 1. The van der Waals surface area contributed by atoms with Crippen LogP contribution >= 0.6 is 0 Å². The summed E-state index contributed by atoms with van der Waals surface area (Å²) in [6.45, 7) is 6.81. The molecule has 0 unspecified atom stereocenters. The monoisotopic (exact) mass is 327 g/mol. The third-order valence-electron chi connectivity index (χ3n) is 0. The van der Waals surface area contributed by atoms with Crippen LogP contribution in [0.1, 0.15) is 0 Å². The summed E-state index contributed by atoms with van der Waals surface area (Å²) in [5, 5.41) is 7.46. The second kappa shape index (κ2) is 28.2. The largest absolute Gasteiger partial charge is 2.00 e. The molecule has 3 heteroatoms. The summed E-state index contributed by atoms with van der Waals surface area (Å²) in [6, 6.07) is 0. The van der Waals surface area contributed by atoms with Crippen molar-refractivity contribution < 1.29 is 36.2 Å². The predicted molar refractivity (Wildman–Crippen MR) is 26.9 cm³/mol. The molecule has 0 bridgehead atoms. The van der Waals surface area contributed by atoms with Gasteiger partial charge in [-0.15, -0.1) is 6.54 Å². The maximum atomic E-state index is 7.46. The summed E-state index contributed by atoms with van der Waals surface area (Å²) in [5.41, 5.74) is 4.74. The number of aliphatic hydroxyl groups is 1. The van der Waals surface area contributed by atoms with E-state index in [0.717, 1.165) is 0 Å². The van der Waals surface area contributed by atoms with Crippen LogP contribution in [0.15, 0.2) is 0 Å². The van der Waals surface area contributed by atoms with Crippen LogP contribution in [-0.2, 0) is 0 Å². The van der Waals surface area contributed by atoms with Gasteiger partial charge in [0, 0.05) is 0 Å². The van der Waals surface area contributed by atoms with E-state index in [1.165, 1.54) is 0 Å². The second-order valence-electron chi connectivity index (χ2n) is 0.512. The van der Waals surface area contributed by atoms with Crippen molar-refractivity contribution in [2.75, 3.05) is 13.2 Å². The maximum Gasteiger partial charge on any atom is 2.00 e. The van der Waals surface area contributed by atoms with E-state index in [4.69, 9.17) is 10.8 Å². The van der Waals surface area contributed by atoms with Crippen molar-refractivity contribution in [3.63, 3.8) is 0 Å². The molecule has 0 radical (unpaired) electrons. The van der Waals surface area contributed by atoms with E-state index < -0.39 is 0 Å². The van der Waals surface area contributed by atoms with Gasteiger partial charge < -0.3 is 24.7 Å². The third-order valence-corrected chi connectivity index (χ3v) is 0. The predicted octanol–water partition coefficient (Wildman–Crippen LogP) is -0.408. The van der Waals surface area contributed by atoms with E-state index in [2.05, 4.69) is 13.8 Å². The van der Waals surface area contributed by atoms with E-state index in [0.29, 0.717) is 6.54 Å². The van der Waals surface area contributed by atoms with Crippen LogP contribution in [0.4, 0.5) is 0 Å². The zero-order valence-corrected chi connectivity index (χ0v) is 8.52. The summed E-state index contributed by atoms with van der Waals surface area (Å²) in [7, 11) is 0. The number of rotatable bonds is 0. The van der Waals surface area contributed by atoms with Gasteiger partial charge in [-0.25, -0.2) is 0 Å². The number of nitrogens with two attached hydrogens (primary N) is 1. The topological polar surface area (TPSA) is 46.2 Å². The fraction of sp³-hybridized carbons (Fsp3) is 0.500. The van der Waals surface area contributed by atoms with Crippen LogP contribution < -0.4 is 5.73 Å². The molecule has 2 nitrogen and oxygen atoms in total. The smallest absolute Gasteiger partial charge is 0.428 e. The molecule has 42 valence electrons. The molecule has 0 aliphatic carbocycles. The van der Waals surface area contributed by atoms with Crippen molar-refractivity contribution in [1.82, 2.24) is 0 Å². The Morgan fingerprint density at radius 1 is 1.43 bits per heavy atom. The molecule has 0 aromatic heterocycles. The van der Waals surface area contributed by atoms with E-state index in [9.17, 15) is 0 Å². The summed E-state index contributed by atoms with van der Waals surface area (Å²) in [6.07, 6.45) is 0. The Morgan fingerprint density at radius 2 is 1.43 bits per heavy atom. The van der Waals surface area contributed by atoms with Gasteiger partial charge in [0.1, 0.15) is 0 Å². The first-order chi connectivity index (χ1) is 2.83. The summed E-state index contributed by atoms with van der Waals surface area (Å²) < 4.78 is 0. The molecule has 3 N–H and O–H groups in total. The molecular weight excluding hydrogens is 316 g/mol. The number of hydrogen-bond donors (Lipinski definition) is 2. The van der Waals surface area contributed by atoms with E-state index >= 15 is 0 Å². The van der Waals surface area contributed by atoms with E-state index in [1.54, 1.807) is 0 Å². The molecule has 7 heavy (non-hydrogen) atoms. The minimum atomic E-state index is 0. The minimum absolute atomic E-state index is 0. The van der Waals surface area contributed by atoms with Gasteiger partial charge in [0.25, 0.3) is 0 Å². The average molecular weight is 327 g/mol. The van der Waals surface area contributed by atoms with Crippen molar-refractivity contribution >= 4 is 0 Å². The molecule has 0 atom stereocenters. The van der Waals surface area contributed by atoms with Crippen LogP contribution in [0.3, 0.4) is 0 Å². The Kier molecular flexibility index (Phi) is 63.0. The van der Waals surface area contributed by atoms with Gasteiger partial charge in [-0.3, -0.25) is 0 Å². The third kappa shape index (κ3) is 182. The Morgan fingerprint density at radius 3 is 1.43 bits per heavy atom. The summed E-state index contributed by atoms with van der Waals surface area (Å²) >= 11 is 0. The van der Waals surface area contributed by atoms with Crippen LogP contribution in [0.5, 0.6) is 0 Å². The van der Waals surface area contributed by atoms with Crippen molar-refractivity contribution in [2.24, 2.45) is 5.73 Å². The fourth-order valence-corrected chi connectivity index (χ4v) is 0. The fourth-order valence-electron chi connectivity index (χ4n) is 0. The molecule has 0 rings (SSSR count). The van der Waals surface area contributed by atoms with Crippen LogP contribution in [0.25, 0.3) is 0 Å². The molecule has 0 spiro atoms. The SMILES string of the molecule is [CH2-]CN.[CH2-]CO.[U+2]. The van der Waals surface area contributed by atoms with Crippen molar-refractivity contribution in [3.8, 4) is 0 Å². The zero-order valence-electron chi connectivity index (χ0n) is 4.35. The minimum Gasteiger partial charge on any atom is -0.428 e. The van der Waals surface area contributed by atoms with Gasteiger partial charge in [0.05, 0.1) is 0 Å². The molecule has 0 saturated carbocycles. The van der Waals surface area contributed by atoms with Gasteiger partial charge in [-0.05, 0) is 0 Å². The molecule has 0 aliphatic rings. The van der Waals surface area contributed by atoms with E-state index in [-0.39, 0.29) is 37.7 Å². The summed E-state index contributed by atoms with van der Waals surface area (Å²) in [4.78, 5) is 0. The summed E-state index contributed by atoms with van der Waals surface area (Å²) in [5.74, 6) is 0. The molecule has 0 aliphatic heterocycles. The maximum absolute atomic E-state index is 7.46.